The Kier molecular flexibility index (Phi) is 4.59. The molecule has 0 atom stereocenters. The molecule has 3 heterocycles. The van der Waals surface area contributed by atoms with E-state index in [0.29, 0.717) is 38.7 Å². The number of halogens is 1. The smallest absolute Gasteiger partial charge is 0.427 e. The molecule has 31 heavy (non-hydrogen) atoms. The van der Waals surface area contributed by atoms with Crippen LogP contribution in [0.3, 0.4) is 0 Å². The molecule has 0 unspecified atom stereocenters. The van der Waals surface area contributed by atoms with Gasteiger partial charge in [-0.25, -0.2) is 14.6 Å². The second-order valence-electron chi connectivity index (χ2n) is 7.16. The normalized spacial score (nSPS) is 13.1. The molecule has 0 fully saturated rings. The van der Waals surface area contributed by atoms with Crippen molar-refractivity contribution in [3.05, 3.63) is 65.1 Å². The van der Waals surface area contributed by atoms with Crippen LogP contribution in [-0.2, 0) is 6.54 Å². The number of hydrogen-bond donors (Lipinski definition) is 2. The quantitative estimate of drug-likeness (QED) is 0.473. The van der Waals surface area contributed by atoms with Gasteiger partial charge >= 0.3 is 6.09 Å². The van der Waals surface area contributed by atoms with E-state index < -0.39 is 6.09 Å². The van der Waals surface area contributed by atoms with Crippen LogP contribution < -0.4 is 10.3 Å². The summed E-state index contributed by atoms with van der Waals surface area (Å²) in [6.45, 7) is 0.222. The minimum absolute atomic E-state index is 0.0790. The van der Waals surface area contributed by atoms with E-state index in [1.54, 1.807) is 29.1 Å². The summed E-state index contributed by atoms with van der Waals surface area (Å²) in [7, 11) is 0. The molecule has 3 aromatic heterocycles. The minimum Gasteiger partial charge on any atom is -0.427 e. The lowest BCUT2D eigenvalue weighted by Gasteiger charge is -2.12. The number of rotatable bonds is 4. The Morgan fingerprint density at radius 1 is 1.23 bits per heavy atom. The van der Waals surface area contributed by atoms with Gasteiger partial charge in [-0.15, -0.1) is 5.10 Å². The minimum atomic E-state index is -1.04. The van der Waals surface area contributed by atoms with Gasteiger partial charge < -0.3 is 10.8 Å². The van der Waals surface area contributed by atoms with E-state index in [1.165, 1.54) is 4.57 Å². The third-order valence-electron chi connectivity index (χ3n) is 5.20. The highest BCUT2D eigenvalue weighted by Gasteiger charge is 2.29. The average molecular weight is 435 g/mol. The molecule has 1 aliphatic carbocycles. The molecule has 4 aromatic rings. The number of anilines is 1. The van der Waals surface area contributed by atoms with Gasteiger partial charge in [-0.3, -0.25) is 0 Å². The van der Waals surface area contributed by atoms with Gasteiger partial charge in [0, 0.05) is 23.1 Å². The van der Waals surface area contributed by atoms with E-state index in [2.05, 4.69) is 20.3 Å². The molecule has 5 rings (SSSR count). The molecule has 3 N–H and O–H groups in total. The maximum absolute atomic E-state index is 12.0. The Balaban J connectivity index is 1.55. The van der Waals surface area contributed by atoms with Crippen LogP contribution in [0.15, 0.2) is 48.7 Å². The largest absolute Gasteiger partial charge is 0.600 e. The first-order valence-corrected chi connectivity index (χ1v) is 9.98. The number of allylic oxidation sites excluding steroid dienone is 2. The van der Waals surface area contributed by atoms with Crippen molar-refractivity contribution in [1.29, 1.82) is 0 Å². The van der Waals surface area contributed by atoms with Gasteiger partial charge in [0.1, 0.15) is 17.9 Å². The first kappa shape index (κ1) is 19.1. The highest BCUT2D eigenvalue weighted by Crippen LogP contribution is 2.29. The molecule has 0 aliphatic heterocycles. The number of fused-ring (bicyclic) bond motifs is 1. The van der Waals surface area contributed by atoms with E-state index in [-0.39, 0.29) is 12.5 Å². The third kappa shape index (κ3) is 3.38. The number of carbonyl (C=O) groups is 1. The number of aromatic nitrogens is 6. The highest BCUT2D eigenvalue weighted by molar-refractivity contribution is 6.35. The number of carboxylic acid groups (broad SMARTS) is 1. The van der Waals surface area contributed by atoms with Gasteiger partial charge in [0.25, 0.3) is 0 Å². The van der Waals surface area contributed by atoms with E-state index in [4.69, 9.17) is 17.3 Å². The van der Waals surface area contributed by atoms with Crippen LogP contribution in [-0.4, -0.2) is 36.2 Å². The van der Waals surface area contributed by atoms with Gasteiger partial charge in [0.05, 0.1) is 16.7 Å². The summed E-state index contributed by atoms with van der Waals surface area (Å²) in [5.74, 6) is 0.0790. The fraction of sp³-hybridized carbons (Fsp3) is 0.143. The highest BCUT2D eigenvalue weighted by atomic mass is 35.5. The number of para-hydroxylation sites is 1. The van der Waals surface area contributed by atoms with Crippen LogP contribution in [0.4, 0.5) is 10.7 Å². The van der Waals surface area contributed by atoms with Crippen molar-refractivity contribution in [2.75, 3.05) is 5.73 Å². The summed E-state index contributed by atoms with van der Waals surface area (Å²) in [6, 6.07) is 10.8. The predicted molar refractivity (Wildman–Crippen MR) is 114 cm³/mol. The van der Waals surface area contributed by atoms with E-state index in [0.717, 1.165) is 18.4 Å². The first-order chi connectivity index (χ1) is 15.0. The average Bonchev–Trinajstić information content (AvgIpc) is 3.15. The Hall–Kier alpha value is -3.85. The number of nitrogens with zero attached hydrogens (tertiary/aromatic N) is 6. The second-order valence-corrected chi connectivity index (χ2v) is 7.56. The second kappa shape index (κ2) is 7.44. The number of nitrogen functional groups attached to an aromatic ring is 1. The SMILES string of the molecule is Nc1nc(-c2cn(Cc3cccc(C4=CCC4)[n+]3C(=O)O)nn2)c2cccc(Cl)c2n1. The van der Waals surface area contributed by atoms with Gasteiger partial charge in [-0.05, 0) is 25.0 Å². The molecule has 0 bridgehead atoms. The van der Waals surface area contributed by atoms with Crippen LogP contribution in [0, 0.1) is 0 Å². The van der Waals surface area contributed by atoms with Crippen LogP contribution >= 0.6 is 11.6 Å². The summed E-state index contributed by atoms with van der Waals surface area (Å²) >= 11 is 6.26. The Morgan fingerprint density at radius 3 is 2.77 bits per heavy atom. The van der Waals surface area contributed by atoms with E-state index >= 15 is 0 Å². The zero-order chi connectivity index (χ0) is 21.5. The molecule has 1 aromatic carbocycles. The zero-order valence-corrected chi connectivity index (χ0v) is 17.0. The van der Waals surface area contributed by atoms with Crippen LogP contribution in [0.5, 0.6) is 0 Å². The molecule has 0 radical (unpaired) electrons. The summed E-state index contributed by atoms with van der Waals surface area (Å²) in [4.78, 5) is 20.5. The number of nitrogens with two attached hydrogens (primary N) is 1. The lowest BCUT2D eigenvalue weighted by Crippen LogP contribution is -2.49. The van der Waals surface area contributed by atoms with Crippen LogP contribution in [0.1, 0.15) is 24.2 Å². The number of benzene rings is 1. The van der Waals surface area contributed by atoms with Crippen LogP contribution in [0.2, 0.25) is 5.02 Å². The van der Waals surface area contributed by atoms with Gasteiger partial charge in [0.15, 0.2) is 0 Å². The van der Waals surface area contributed by atoms with Crippen molar-refractivity contribution < 1.29 is 14.5 Å². The molecule has 0 saturated heterocycles. The zero-order valence-electron chi connectivity index (χ0n) is 16.2. The van der Waals surface area contributed by atoms with Crippen molar-refractivity contribution in [2.24, 2.45) is 0 Å². The van der Waals surface area contributed by atoms with Crippen molar-refractivity contribution in [1.82, 2.24) is 25.0 Å². The summed E-state index contributed by atoms with van der Waals surface area (Å²) in [5.41, 5.74) is 9.68. The summed E-state index contributed by atoms with van der Waals surface area (Å²) in [6.07, 6.45) is 4.54. The molecule has 154 valence electrons. The molecule has 9 nitrogen and oxygen atoms in total. The third-order valence-corrected chi connectivity index (χ3v) is 5.50. The lowest BCUT2D eigenvalue weighted by molar-refractivity contribution is -0.595. The molecule has 0 spiro atoms. The standard InChI is InChI=1S/C21H16ClN7O2/c22-15-8-3-7-14-18(15)24-20(23)25-19(14)16-11-28(27-26-16)10-13-6-2-9-17(12-4-1-5-12)29(13)21(30)31/h2-4,6-9,11H,1,5,10H2,(H2-,23,24,25,30,31)/p+1. The van der Waals surface area contributed by atoms with Crippen molar-refractivity contribution in [3.63, 3.8) is 0 Å². The molecular formula is C21H17ClN7O2+. The Labute approximate surface area is 181 Å². The van der Waals surface area contributed by atoms with Crippen molar-refractivity contribution in [3.8, 4) is 11.4 Å². The number of hydrogen-bond acceptors (Lipinski definition) is 6. The first-order valence-electron chi connectivity index (χ1n) is 9.60. The molecular weight excluding hydrogens is 418 g/mol. The predicted octanol–water partition coefficient (Wildman–Crippen LogP) is 3.16. The maximum Gasteiger partial charge on any atom is 0.600 e. The fourth-order valence-electron chi connectivity index (χ4n) is 3.66. The van der Waals surface area contributed by atoms with E-state index in [9.17, 15) is 9.90 Å². The maximum atomic E-state index is 12.0. The summed E-state index contributed by atoms with van der Waals surface area (Å²) in [5, 5.41) is 19.3. The van der Waals surface area contributed by atoms with Gasteiger partial charge in [-0.1, -0.05) is 39.6 Å². The van der Waals surface area contributed by atoms with Crippen LogP contribution in [0.25, 0.3) is 27.9 Å². The number of pyridine rings is 1. The monoisotopic (exact) mass is 434 g/mol. The van der Waals surface area contributed by atoms with Crippen molar-refractivity contribution >= 4 is 40.1 Å². The summed E-state index contributed by atoms with van der Waals surface area (Å²) < 4.78 is 2.86. The fourth-order valence-corrected chi connectivity index (χ4v) is 3.87. The molecule has 0 amide bonds. The lowest BCUT2D eigenvalue weighted by atomic mass is 9.95. The van der Waals surface area contributed by atoms with Gasteiger partial charge in [-0.2, -0.15) is 4.79 Å². The molecule has 1 aliphatic rings. The van der Waals surface area contributed by atoms with E-state index in [1.807, 2.05) is 24.3 Å². The topological polar surface area (TPSA) is 124 Å². The van der Waals surface area contributed by atoms with Gasteiger partial charge in [0.2, 0.25) is 17.3 Å². The Morgan fingerprint density at radius 2 is 2.03 bits per heavy atom. The molecule has 0 saturated carbocycles. The van der Waals surface area contributed by atoms with Crippen molar-refractivity contribution in [2.45, 2.75) is 19.4 Å². The Bertz CT molecular complexity index is 1380. The molecule has 10 heteroatoms.